The highest BCUT2D eigenvalue weighted by Gasteiger charge is 2.21. The summed E-state index contributed by atoms with van der Waals surface area (Å²) in [6, 6.07) is 9.56. The summed E-state index contributed by atoms with van der Waals surface area (Å²) >= 11 is 7.08. The van der Waals surface area contributed by atoms with Crippen LogP contribution < -0.4 is 14.2 Å². The van der Waals surface area contributed by atoms with Crippen molar-refractivity contribution < 1.29 is 23.2 Å². The van der Waals surface area contributed by atoms with Gasteiger partial charge in [0.25, 0.3) is 0 Å². The highest BCUT2D eigenvalue weighted by Crippen LogP contribution is 2.33. The Morgan fingerprint density at radius 1 is 1.04 bits per heavy atom. The van der Waals surface area contributed by atoms with Gasteiger partial charge in [-0.1, -0.05) is 17.7 Å². The number of aromatic nitrogens is 3. The highest BCUT2D eigenvalue weighted by atomic mass is 35.5. The molecule has 0 spiro atoms. The topological polar surface area (TPSA) is 92.7 Å². The normalized spacial score (nSPS) is 10.2. The molecule has 3 rings (SSSR count). The second-order valence-electron chi connectivity index (χ2n) is 5.09. The van der Waals surface area contributed by atoms with Gasteiger partial charge in [-0.3, -0.25) is 4.98 Å². The first kappa shape index (κ1) is 19.7. The molecule has 0 aliphatic rings. The molecule has 0 saturated heterocycles. The fourth-order valence-electron chi connectivity index (χ4n) is 2.05. The summed E-state index contributed by atoms with van der Waals surface area (Å²) in [7, 11) is 2.90. The van der Waals surface area contributed by atoms with E-state index in [0.29, 0.717) is 4.90 Å². The molecular weight excluding hydrogens is 406 g/mol. The molecular formula is C18H14ClN3O5S. The maximum absolute atomic E-state index is 12.6. The molecule has 0 fully saturated rings. The number of carbonyl (C=O) groups excluding carboxylic acids is 1. The summed E-state index contributed by atoms with van der Waals surface area (Å²) in [6.07, 6.45) is 3.18. The molecule has 8 nitrogen and oxygen atoms in total. The van der Waals surface area contributed by atoms with Gasteiger partial charge >= 0.3 is 12.0 Å². The molecule has 0 bridgehead atoms. The summed E-state index contributed by atoms with van der Waals surface area (Å²) in [5.74, 6) is -0.0806. The zero-order valence-corrected chi connectivity index (χ0v) is 16.4. The van der Waals surface area contributed by atoms with E-state index < -0.39 is 5.97 Å². The molecule has 1 aromatic carbocycles. The van der Waals surface area contributed by atoms with E-state index >= 15 is 0 Å². The van der Waals surface area contributed by atoms with Gasteiger partial charge in [0.15, 0.2) is 0 Å². The van der Waals surface area contributed by atoms with E-state index in [-0.39, 0.29) is 34.1 Å². The van der Waals surface area contributed by atoms with Gasteiger partial charge in [0, 0.05) is 12.4 Å². The first-order chi connectivity index (χ1) is 13.6. The van der Waals surface area contributed by atoms with E-state index in [0.717, 1.165) is 12.0 Å². The third kappa shape index (κ3) is 4.81. The third-order valence-corrected chi connectivity index (χ3v) is 4.34. The lowest BCUT2D eigenvalue weighted by Crippen LogP contribution is -2.05. The third-order valence-electron chi connectivity index (χ3n) is 3.32. The molecule has 28 heavy (non-hydrogen) atoms. The molecule has 2 heterocycles. The Hall–Kier alpha value is -3.04. The molecule has 0 atom stereocenters. The van der Waals surface area contributed by atoms with Gasteiger partial charge in [0.05, 0.1) is 42.2 Å². The van der Waals surface area contributed by atoms with E-state index in [2.05, 4.69) is 15.0 Å². The maximum atomic E-state index is 12.6. The second kappa shape index (κ2) is 9.25. The molecule has 0 aliphatic carbocycles. The maximum Gasteiger partial charge on any atom is 0.355 e. The number of halogens is 1. The van der Waals surface area contributed by atoms with Crippen molar-refractivity contribution in [2.45, 2.75) is 4.90 Å². The first-order valence-corrected chi connectivity index (χ1v) is 8.95. The van der Waals surface area contributed by atoms with E-state index in [1.807, 2.05) is 0 Å². The number of hydrogen-bond acceptors (Lipinski definition) is 9. The Labute approximate surface area is 170 Å². The van der Waals surface area contributed by atoms with E-state index in [1.165, 1.54) is 20.3 Å². The van der Waals surface area contributed by atoms with Crippen LogP contribution in [0.4, 0.5) is 0 Å². The van der Waals surface area contributed by atoms with E-state index in [1.54, 1.807) is 42.7 Å². The number of hydrogen-bond donors (Lipinski definition) is 0. The Balaban J connectivity index is 1.85. The largest absolute Gasteiger partial charge is 0.481 e. The van der Waals surface area contributed by atoms with Crippen molar-refractivity contribution in [1.29, 1.82) is 0 Å². The van der Waals surface area contributed by atoms with Crippen LogP contribution in [0.3, 0.4) is 0 Å². The smallest absolute Gasteiger partial charge is 0.355 e. The fraction of sp³-hybridized carbons (Fsp3) is 0.111. The van der Waals surface area contributed by atoms with Crippen LogP contribution in [0.1, 0.15) is 10.4 Å². The minimum atomic E-state index is -0.683. The highest BCUT2D eigenvalue weighted by molar-refractivity contribution is 7.95. The fourth-order valence-corrected chi connectivity index (χ4v) is 2.78. The summed E-state index contributed by atoms with van der Waals surface area (Å²) in [4.78, 5) is 25.3. The predicted octanol–water partition coefficient (Wildman–Crippen LogP) is 4.20. The standard InChI is InChI=1S/C18H14ClN3O5S/c1-24-14-10-15(25-2)22-18(21-14)26-13-5-3-4-12(19)16(13)17(23)27-28-11-6-8-20-9-7-11/h3-10H,1-2H3. The number of benzene rings is 1. The average Bonchev–Trinajstić information content (AvgIpc) is 2.72. The number of pyridine rings is 1. The van der Waals surface area contributed by atoms with Gasteiger partial charge in [0.1, 0.15) is 11.3 Å². The minimum Gasteiger partial charge on any atom is -0.481 e. The van der Waals surface area contributed by atoms with Crippen molar-refractivity contribution in [2.24, 2.45) is 0 Å². The Morgan fingerprint density at radius 2 is 1.71 bits per heavy atom. The molecule has 0 aliphatic heterocycles. The monoisotopic (exact) mass is 419 g/mol. The number of rotatable bonds is 7. The molecule has 0 amide bonds. The van der Waals surface area contributed by atoms with Crippen LogP contribution >= 0.6 is 23.6 Å². The summed E-state index contributed by atoms with van der Waals surface area (Å²) < 4.78 is 21.1. The SMILES string of the molecule is COc1cc(OC)nc(Oc2cccc(Cl)c2C(=O)OSc2ccncc2)n1. The molecule has 2 aromatic heterocycles. The quantitative estimate of drug-likeness (QED) is 0.522. The molecule has 144 valence electrons. The van der Waals surface area contributed by atoms with Crippen LogP contribution in [0, 0.1) is 0 Å². The Bertz CT molecular complexity index is 952. The Kier molecular flexibility index (Phi) is 6.51. The molecule has 0 radical (unpaired) electrons. The molecule has 0 unspecified atom stereocenters. The van der Waals surface area contributed by atoms with E-state index in [4.69, 9.17) is 30.0 Å². The summed E-state index contributed by atoms with van der Waals surface area (Å²) in [5, 5.41) is 0.160. The van der Waals surface area contributed by atoms with Crippen LogP contribution in [-0.2, 0) is 4.18 Å². The molecule has 3 aromatic rings. The zero-order chi connectivity index (χ0) is 19.9. The van der Waals surface area contributed by atoms with Crippen molar-refractivity contribution in [1.82, 2.24) is 15.0 Å². The van der Waals surface area contributed by atoms with E-state index in [9.17, 15) is 4.79 Å². The van der Waals surface area contributed by atoms with Crippen LogP contribution in [-0.4, -0.2) is 35.1 Å². The van der Waals surface area contributed by atoms with Gasteiger partial charge < -0.3 is 18.4 Å². The van der Waals surface area contributed by atoms with Crippen molar-refractivity contribution in [3.63, 3.8) is 0 Å². The number of methoxy groups -OCH3 is 2. The van der Waals surface area contributed by atoms with Crippen LogP contribution in [0.2, 0.25) is 5.02 Å². The van der Waals surface area contributed by atoms with Crippen molar-refractivity contribution in [2.75, 3.05) is 14.2 Å². The van der Waals surface area contributed by atoms with Crippen LogP contribution in [0.15, 0.2) is 53.7 Å². The van der Waals surface area contributed by atoms with Crippen LogP contribution in [0.5, 0.6) is 23.5 Å². The van der Waals surface area contributed by atoms with Gasteiger partial charge in [-0.2, -0.15) is 9.97 Å². The van der Waals surface area contributed by atoms with Crippen LogP contribution in [0.25, 0.3) is 0 Å². The lowest BCUT2D eigenvalue weighted by Gasteiger charge is -2.11. The number of ether oxygens (including phenoxy) is 3. The number of carbonyl (C=O) groups is 1. The molecule has 0 saturated carbocycles. The summed E-state index contributed by atoms with van der Waals surface area (Å²) in [5.41, 5.74) is 0.0381. The second-order valence-corrected chi connectivity index (χ2v) is 6.30. The lowest BCUT2D eigenvalue weighted by molar-refractivity contribution is 0.0765. The predicted molar refractivity (Wildman–Crippen MR) is 102 cm³/mol. The van der Waals surface area contributed by atoms with Gasteiger partial charge in [-0.05, 0) is 24.3 Å². The molecule has 10 heteroatoms. The summed E-state index contributed by atoms with van der Waals surface area (Å²) in [6.45, 7) is 0. The Morgan fingerprint density at radius 3 is 2.36 bits per heavy atom. The molecule has 0 N–H and O–H groups in total. The zero-order valence-electron chi connectivity index (χ0n) is 14.8. The number of nitrogens with zero attached hydrogens (tertiary/aromatic N) is 3. The van der Waals surface area contributed by atoms with Gasteiger partial charge in [0.2, 0.25) is 11.8 Å². The lowest BCUT2D eigenvalue weighted by atomic mass is 10.2. The van der Waals surface area contributed by atoms with Crippen molar-refractivity contribution >= 4 is 29.6 Å². The van der Waals surface area contributed by atoms with Crippen molar-refractivity contribution in [3.8, 4) is 23.5 Å². The first-order valence-electron chi connectivity index (χ1n) is 7.83. The van der Waals surface area contributed by atoms with Gasteiger partial charge in [-0.15, -0.1) is 0 Å². The minimum absolute atomic E-state index is 0.0381. The van der Waals surface area contributed by atoms with Crippen molar-refractivity contribution in [3.05, 3.63) is 59.4 Å². The van der Waals surface area contributed by atoms with Gasteiger partial charge in [-0.25, -0.2) is 4.79 Å². The average molecular weight is 420 g/mol.